The second-order valence-corrected chi connectivity index (χ2v) is 7.26. The number of hydrogen-bond donors (Lipinski definition) is 2. The summed E-state index contributed by atoms with van der Waals surface area (Å²) < 4.78 is 0. The van der Waals surface area contributed by atoms with Gasteiger partial charge in [-0.25, -0.2) is 0 Å². The van der Waals surface area contributed by atoms with Gasteiger partial charge in [0.05, 0.1) is 5.92 Å². The number of carbonyl (C=O) groups is 1. The van der Waals surface area contributed by atoms with Gasteiger partial charge in [-0.05, 0) is 61.1 Å². The predicted molar refractivity (Wildman–Crippen MR) is 88.1 cm³/mol. The molecule has 3 heteroatoms. The lowest BCUT2D eigenvalue weighted by atomic mass is 9.85. The Bertz CT molecular complexity index is 544. The number of carboxylic acid groups (broad SMARTS) is 1. The first-order valence-corrected chi connectivity index (χ1v) is 8.66. The lowest BCUT2D eigenvalue weighted by Gasteiger charge is -2.30. The number of rotatable bonds is 4. The Kier molecular flexibility index (Phi) is 4.53. The minimum Gasteiger partial charge on any atom is -0.481 e. The number of hydrogen-bond acceptors (Lipinski definition) is 2. The van der Waals surface area contributed by atoms with Gasteiger partial charge >= 0.3 is 5.97 Å². The molecule has 0 aliphatic heterocycles. The highest BCUT2D eigenvalue weighted by molar-refractivity contribution is 5.70. The van der Waals surface area contributed by atoms with Crippen LogP contribution in [0.4, 0.5) is 0 Å². The summed E-state index contributed by atoms with van der Waals surface area (Å²) in [6, 6.07) is 7.89. The number of nitrogens with one attached hydrogen (secondary N) is 1. The van der Waals surface area contributed by atoms with Gasteiger partial charge in [0.1, 0.15) is 0 Å². The zero-order valence-electron chi connectivity index (χ0n) is 13.6. The molecule has 1 unspecified atom stereocenters. The highest BCUT2D eigenvalue weighted by Crippen LogP contribution is 2.35. The highest BCUT2D eigenvalue weighted by atomic mass is 16.4. The van der Waals surface area contributed by atoms with Crippen molar-refractivity contribution in [1.82, 2.24) is 5.32 Å². The second kappa shape index (κ2) is 6.41. The smallest absolute Gasteiger partial charge is 0.306 e. The first-order valence-electron chi connectivity index (χ1n) is 8.66. The summed E-state index contributed by atoms with van der Waals surface area (Å²) >= 11 is 0. The van der Waals surface area contributed by atoms with Crippen LogP contribution in [0.2, 0.25) is 0 Å². The van der Waals surface area contributed by atoms with Crippen LogP contribution < -0.4 is 5.32 Å². The van der Waals surface area contributed by atoms with Gasteiger partial charge in [-0.1, -0.05) is 32.0 Å². The monoisotopic (exact) mass is 301 g/mol. The van der Waals surface area contributed by atoms with Crippen LogP contribution in [0.3, 0.4) is 0 Å². The Morgan fingerprint density at radius 3 is 2.55 bits per heavy atom. The highest BCUT2D eigenvalue weighted by Gasteiger charge is 2.29. The van der Waals surface area contributed by atoms with E-state index in [0.29, 0.717) is 18.0 Å². The Hall–Kier alpha value is -1.35. The number of fused-ring (bicyclic) bond motifs is 1. The number of carboxylic acids is 1. The van der Waals surface area contributed by atoms with E-state index in [1.54, 1.807) is 0 Å². The molecule has 2 N–H and O–H groups in total. The fourth-order valence-electron chi connectivity index (χ4n) is 3.94. The number of benzene rings is 1. The first kappa shape index (κ1) is 15.5. The van der Waals surface area contributed by atoms with Crippen molar-refractivity contribution < 1.29 is 9.90 Å². The Morgan fingerprint density at radius 2 is 1.91 bits per heavy atom. The van der Waals surface area contributed by atoms with Crippen LogP contribution in [-0.2, 0) is 11.2 Å². The largest absolute Gasteiger partial charge is 0.481 e. The van der Waals surface area contributed by atoms with E-state index in [-0.39, 0.29) is 5.92 Å². The van der Waals surface area contributed by atoms with Crippen LogP contribution in [0.15, 0.2) is 18.2 Å². The SMILES string of the molecule is CC(C)c1ccc2c(c1)C(NC1CCC(C(=O)O)CC1)CC2. The number of aliphatic carboxylic acids is 1. The molecule has 1 aromatic rings. The predicted octanol–water partition coefficient (Wildman–Crippen LogP) is 4.03. The van der Waals surface area contributed by atoms with E-state index in [2.05, 4.69) is 37.4 Å². The summed E-state index contributed by atoms with van der Waals surface area (Å²) in [7, 11) is 0. The molecule has 1 saturated carbocycles. The maximum absolute atomic E-state index is 11.1. The van der Waals surface area contributed by atoms with Crippen LogP contribution in [0, 0.1) is 5.92 Å². The normalized spacial score (nSPS) is 27.9. The minimum absolute atomic E-state index is 0.124. The molecule has 0 saturated heterocycles. The van der Waals surface area contributed by atoms with Gasteiger partial charge in [0.25, 0.3) is 0 Å². The molecule has 3 rings (SSSR count). The van der Waals surface area contributed by atoms with Crippen molar-refractivity contribution in [3.63, 3.8) is 0 Å². The Labute approximate surface area is 133 Å². The average Bonchev–Trinajstić information content (AvgIpc) is 2.90. The third-order valence-corrected chi connectivity index (χ3v) is 5.43. The maximum atomic E-state index is 11.1. The van der Waals surface area contributed by atoms with E-state index < -0.39 is 5.97 Å². The summed E-state index contributed by atoms with van der Waals surface area (Å²) in [5.41, 5.74) is 4.38. The van der Waals surface area contributed by atoms with E-state index in [0.717, 1.165) is 32.1 Å². The number of aryl methyl sites for hydroxylation is 1. The van der Waals surface area contributed by atoms with E-state index in [1.165, 1.54) is 23.1 Å². The molecular formula is C19H27NO2. The summed E-state index contributed by atoms with van der Waals surface area (Å²) in [5.74, 6) is -0.176. The van der Waals surface area contributed by atoms with Gasteiger partial charge in [-0.3, -0.25) is 4.79 Å². The molecule has 22 heavy (non-hydrogen) atoms. The van der Waals surface area contributed by atoms with E-state index in [1.807, 2.05) is 0 Å². The van der Waals surface area contributed by atoms with Crippen LogP contribution in [0.1, 0.15) is 74.6 Å². The van der Waals surface area contributed by atoms with Crippen LogP contribution >= 0.6 is 0 Å². The second-order valence-electron chi connectivity index (χ2n) is 7.26. The van der Waals surface area contributed by atoms with Crippen LogP contribution in [0.5, 0.6) is 0 Å². The van der Waals surface area contributed by atoms with E-state index >= 15 is 0 Å². The summed E-state index contributed by atoms with van der Waals surface area (Å²) in [6.45, 7) is 4.48. The summed E-state index contributed by atoms with van der Waals surface area (Å²) in [5, 5.41) is 12.9. The van der Waals surface area contributed by atoms with Crippen molar-refractivity contribution in [1.29, 1.82) is 0 Å². The van der Waals surface area contributed by atoms with Crippen LogP contribution in [-0.4, -0.2) is 17.1 Å². The van der Waals surface area contributed by atoms with Crippen molar-refractivity contribution in [2.75, 3.05) is 0 Å². The van der Waals surface area contributed by atoms with Crippen molar-refractivity contribution in [2.45, 2.75) is 70.4 Å². The molecule has 120 valence electrons. The minimum atomic E-state index is -0.619. The van der Waals surface area contributed by atoms with Crippen molar-refractivity contribution in [3.05, 3.63) is 34.9 Å². The van der Waals surface area contributed by atoms with Crippen molar-refractivity contribution in [3.8, 4) is 0 Å². The van der Waals surface area contributed by atoms with Gasteiger partial charge < -0.3 is 10.4 Å². The molecule has 0 spiro atoms. The molecule has 0 amide bonds. The van der Waals surface area contributed by atoms with Crippen molar-refractivity contribution in [2.24, 2.45) is 5.92 Å². The molecule has 2 aliphatic rings. The van der Waals surface area contributed by atoms with Gasteiger partial charge in [-0.15, -0.1) is 0 Å². The third-order valence-electron chi connectivity index (χ3n) is 5.43. The van der Waals surface area contributed by atoms with Gasteiger partial charge in [0.15, 0.2) is 0 Å². The lowest BCUT2D eigenvalue weighted by molar-refractivity contribution is -0.142. The van der Waals surface area contributed by atoms with E-state index in [9.17, 15) is 4.79 Å². The molecule has 1 fully saturated rings. The van der Waals surface area contributed by atoms with Crippen molar-refractivity contribution >= 4 is 5.97 Å². The standard InChI is InChI=1S/C19H27NO2/c1-12(2)15-4-3-13-7-10-18(17(13)11-15)20-16-8-5-14(6-9-16)19(21)22/h3-4,11-12,14,16,18,20H,5-10H2,1-2H3,(H,21,22). The van der Waals surface area contributed by atoms with E-state index in [4.69, 9.17) is 5.11 Å². The molecule has 0 bridgehead atoms. The molecule has 0 heterocycles. The third kappa shape index (κ3) is 3.19. The molecule has 3 nitrogen and oxygen atoms in total. The first-order chi connectivity index (χ1) is 10.5. The molecule has 0 aromatic heterocycles. The Morgan fingerprint density at radius 1 is 1.18 bits per heavy atom. The quantitative estimate of drug-likeness (QED) is 0.882. The van der Waals surface area contributed by atoms with Gasteiger partial charge in [0, 0.05) is 12.1 Å². The van der Waals surface area contributed by atoms with Crippen LogP contribution in [0.25, 0.3) is 0 Å². The topological polar surface area (TPSA) is 49.3 Å². The Balaban J connectivity index is 1.64. The molecule has 0 radical (unpaired) electrons. The molecule has 1 atom stereocenters. The van der Waals surface area contributed by atoms with Gasteiger partial charge in [0.2, 0.25) is 0 Å². The summed E-state index contributed by atoms with van der Waals surface area (Å²) in [4.78, 5) is 11.1. The summed E-state index contributed by atoms with van der Waals surface area (Å²) in [6.07, 6.45) is 5.96. The van der Waals surface area contributed by atoms with Gasteiger partial charge in [-0.2, -0.15) is 0 Å². The zero-order valence-corrected chi connectivity index (χ0v) is 13.6. The molecule has 1 aromatic carbocycles. The average molecular weight is 301 g/mol. The molecule has 2 aliphatic carbocycles. The fourth-order valence-corrected chi connectivity index (χ4v) is 3.94. The molecular weight excluding hydrogens is 274 g/mol. The fraction of sp³-hybridized carbons (Fsp3) is 0.632. The maximum Gasteiger partial charge on any atom is 0.306 e. The zero-order chi connectivity index (χ0) is 15.7. The lowest BCUT2D eigenvalue weighted by Crippen LogP contribution is -2.36.